The van der Waals surface area contributed by atoms with Crippen molar-refractivity contribution in [3.05, 3.63) is 0 Å². The largest absolute Gasteiger partial charge is 0.462 e. The second-order valence-corrected chi connectivity index (χ2v) is 11.4. The monoisotopic (exact) mass is 442 g/mol. The smallest absolute Gasteiger partial charge is 0.323 e. The maximum Gasteiger partial charge on any atom is 0.323 e. The van der Waals surface area contributed by atoms with Crippen LogP contribution in [-0.2, 0) is 24.3 Å². The van der Waals surface area contributed by atoms with Crippen LogP contribution in [0.15, 0.2) is 0 Å². The lowest BCUT2D eigenvalue weighted by atomic mass is 9.90. The Labute approximate surface area is 177 Å². The number of nitrogens with one attached hydrogen (secondary N) is 1. The maximum absolute atomic E-state index is 12.3. The number of nitrogens with zero attached hydrogens (tertiary/aromatic N) is 1. The van der Waals surface area contributed by atoms with E-state index in [2.05, 4.69) is 26.1 Å². The Balaban J connectivity index is 0.00000729. The summed E-state index contributed by atoms with van der Waals surface area (Å²) in [6.45, 7) is 14.6. The van der Waals surface area contributed by atoms with Crippen LogP contribution in [-0.4, -0.2) is 68.4 Å². The van der Waals surface area contributed by atoms with Gasteiger partial charge in [0.2, 0.25) is 10.0 Å². The molecule has 1 aliphatic rings. The predicted molar refractivity (Wildman–Crippen MR) is 114 cm³/mol. The summed E-state index contributed by atoms with van der Waals surface area (Å²) in [5.41, 5.74) is -0.718. The number of sulfonamides is 1. The van der Waals surface area contributed by atoms with Crippen LogP contribution in [0.4, 0.5) is 0 Å². The van der Waals surface area contributed by atoms with Crippen molar-refractivity contribution in [3.63, 3.8) is 0 Å². The van der Waals surface area contributed by atoms with Gasteiger partial charge in [-0.25, -0.2) is 8.42 Å². The molecule has 3 atom stereocenters. The Kier molecular flexibility index (Phi) is 10.4. The standard InChI is InChI=1S/C19H38N2O5S.ClH/c1-14(18(2,3)4)26-15(12-21(19(5,6)7)27(8,23)24)13-25-17(22)16-10-9-11-20-16;/h14-16,20H,9-13H2,1-8H3;1H/t14-,15-,16-;/m0./s1. The van der Waals surface area contributed by atoms with Gasteiger partial charge in [0.25, 0.3) is 0 Å². The van der Waals surface area contributed by atoms with Gasteiger partial charge in [0.15, 0.2) is 0 Å². The number of hydrogen-bond acceptors (Lipinski definition) is 6. The molecule has 1 rings (SSSR count). The summed E-state index contributed by atoms with van der Waals surface area (Å²) in [6.07, 6.45) is 2.23. The molecule has 0 unspecified atom stereocenters. The van der Waals surface area contributed by atoms with Gasteiger partial charge in [0.05, 0.1) is 12.4 Å². The van der Waals surface area contributed by atoms with Crippen LogP contribution in [0, 0.1) is 5.41 Å². The zero-order valence-electron chi connectivity index (χ0n) is 18.6. The molecular weight excluding hydrogens is 404 g/mol. The van der Waals surface area contributed by atoms with Gasteiger partial charge in [-0.05, 0) is 52.5 Å². The number of ether oxygens (including phenoxy) is 2. The Morgan fingerprint density at radius 1 is 1.21 bits per heavy atom. The van der Waals surface area contributed by atoms with E-state index >= 15 is 0 Å². The summed E-state index contributed by atoms with van der Waals surface area (Å²) in [4.78, 5) is 12.2. The van der Waals surface area contributed by atoms with E-state index in [1.165, 1.54) is 10.6 Å². The fraction of sp³-hybridized carbons (Fsp3) is 0.947. The first-order valence-corrected chi connectivity index (χ1v) is 11.5. The molecule has 1 fully saturated rings. The van der Waals surface area contributed by atoms with E-state index in [-0.39, 0.29) is 49.1 Å². The molecule has 0 bridgehead atoms. The summed E-state index contributed by atoms with van der Waals surface area (Å²) in [5, 5.41) is 3.11. The first-order chi connectivity index (χ1) is 12.1. The molecule has 0 aliphatic carbocycles. The van der Waals surface area contributed by atoms with Crippen molar-refractivity contribution in [1.82, 2.24) is 9.62 Å². The summed E-state index contributed by atoms with van der Waals surface area (Å²) in [7, 11) is -3.44. The first-order valence-electron chi connectivity index (χ1n) is 9.65. The Morgan fingerprint density at radius 2 is 1.79 bits per heavy atom. The van der Waals surface area contributed by atoms with Crippen molar-refractivity contribution in [2.45, 2.75) is 85.1 Å². The van der Waals surface area contributed by atoms with Crippen molar-refractivity contribution < 1.29 is 22.7 Å². The molecule has 7 nitrogen and oxygen atoms in total. The number of rotatable bonds is 8. The zero-order chi connectivity index (χ0) is 21.0. The highest BCUT2D eigenvalue weighted by molar-refractivity contribution is 7.88. The molecule has 0 saturated carbocycles. The number of esters is 1. The van der Waals surface area contributed by atoms with E-state index in [4.69, 9.17) is 9.47 Å². The van der Waals surface area contributed by atoms with Crippen molar-refractivity contribution in [1.29, 1.82) is 0 Å². The lowest BCUT2D eigenvalue weighted by Crippen LogP contribution is -2.51. The molecule has 1 saturated heterocycles. The van der Waals surface area contributed by atoms with Crippen LogP contribution < -0.4 is 5.32 Å². The van der Waals surface area contributed by atoms with E-state index in [9.17, 15) is 13.2 Å². The fourth-order valence-electron chi connectivity index (χ4n) is 2.88. The number of carbonyl (C=O) groups excluding carboxylic acids is 1. The average molecular weight is 443 g/mol. The third kappa shape index (κ3) is 8.95. The molecule has 168 valence electrons. The zero-order valence-corrected chi connectivity index (χ0v) is 20.2. The van der Waals surface area contributed by atoms with Gasteiger partial charge in [-0.3, -0.25) is 4.79 Å². The average Bonchev–Trinajstić information content (AvgIpc) is 3.00. The minimum absolute atomic E-state index is 0. The number of hydrogen-bond donors (Lipinski definition) is 1. The molecule has 0 aromatic carbocycles. The van der Waals surface area contributed by atoms with Crippen molar-refractivity contribution in [2.24, 2.45) is 5.41 Å². The van der Waals surface area contributed by atoms with Gasteiger partial charge >= 0.3 is 5.97 Å². The highest BCUT2D eigenvalue weighted by atomic mass is 35.5. The summed E-state index contributed by atoms with van der Waals surface area (Å²) >= 11 is 0. The lowest BCUT2D eigenvalue weighted by molar-refractivity contribution is -0.154. The molecule has 0 amide bonds. The van der Waals surface area contributed by atoms with Crippen molar-refractivity contribution in [3.8, 4) is 0 Å². The number of carbonyl (C=O) groups is 1. The third-order valence-corrected chi connectivity index (χ3v) is 6.39. The predicted octanol–water partition coefficient (Wildman–Crippen LogP) is 2.58. The van der Waals surface area contributed by atoms with E-state index in [1.54, 1.807) is 0 Å². The van der Waals surface area contributed by atoms with Crippen molar-refractivity contribution in [2.75, 3.05) is 26.0 Å². The molecule has 0 aromatic heterocycles. The molecule has 1 N–H and O–H groups in total. The Morgan fingerprint density at radius 3 is 2.18 bits per heavy atom. The second kappa shape index (κ2) is 10.6. The molecule has 0 radical (unpaired) electrons. The lowest BCUT2D eigenvalue weighted by Gasteiger charge is -2.38. The van der Waals surface area contributed by atoms with Crippen LogP contribution in [0.2, 0.25) is 0 Å². The Bertz CT molecular complexity index is 592. The van der Waals surface area contributed by atoms with Crippen molar-refractivity contribution >= 4 is 28.4 Å². The molecule has 0 spiro atoms. The van der Waals surface area contributed by atoms with Crippen LogP contribution in [0.1, 0.15) is 61.3 Å². The normalized spacial score (nSPS) is 20.5. The van der Waals surface area contributed by atoms with Gasteiger partial charge < -0.3 is 14.8 Å². The minimum atomic E-state index is -3.44. The third-order valence-electron chi connectivity index (χ3n) is 4.89. The number of halogens is 1. The second-order valence-electron chi connectivity index (χ2n) is 9.51. The van der Waals surface area contributed by atoms with Crippen LogP contribution in [0.25, 0.3) is 0 Å². The van der Waals surface area contributed by atoms with Gasteiger partial charge in [0, 0.05) is 12.1 Å². The molecular formula is C19H39ClN2O5S. The van der Waals surface area contributed by atoms with Crippen LogP contribution in [0.3, 0.4) is 0 Å². The SMILES string of the molecule is C[C@H](O[C@H](COC(=O)[C@@H]1CCCN1)CN(C(C)(C)C)S(C)(=O)=O)C(C)(C)C.Cl. The van der Waals surface area contributed by atoms with Gasteiger partial charge in [0.1, 0.15) is 18.8 Å². The highest BCUT2D eigenvalue weighted by Gasteiger charge is 2.35. The summed E-state index contributed by atoms with van der Waals surface area (Å²) in [5.74, 6) is -0.300. The molecule has 1 aliphatic heterocycles. The molecule has 1 heterocycles. The first kappa shape index (κ1) is 27.6. The summed E-state index contributed by atoms with van der Waals surface area (Å²) < 4.78 is 37.6. The topological polar surface area (TPSA) is 84.9 Å². The molecule has 0 aromatic rings. The van der Waals surface area contributed by atoms with Gasteiger partial charge in [-0.1, -0.05) is 20.8 Å². The molecule has 9 heteroatoms. The van der Waals surface area contributed by atoms with E-state index < -0.39 is 21.7 Å². The maximum atomic E-state index is 12.3. The summed E-state index contributed by atoms with van der Waals surface area (Å²) in [6, 6.07) is -0.278. The van der Waals surface area contributed by atoms with E-state index in [0.717, 1.165) is 19.4 Å². The van der Waals surface area contributed by atoms with Crippen LogP contribution in [0.5, 0.6) is 0 Å². The highest BCUT2D eigenvalue weighted by Crippen LogP contribution is 2.25. The van der Waals surface area contributed by atoms with E-state index in [1.807, 2.05) is 27.7 Å². The van der Waals surface area contributed by atoms with Gasteiger partial charge in [-0.15, -0.1) is 12.4 Å². The quantitative estimate of drug-likeness (QED) is 0.581. The molecule has 28 heavy (non-hydrogen) atoms. The minimum Gasteiger partial charge on any atom is -0.462 e. The van der Waals surface area contributed by atoms with E-state index in [0.29, 0.717) is 0 Å². The fourth-order valence-corrected chi connectivity index (χ4v) is 4.31. The Hall–Kier alpha value is -0.410. The van der Waals surface area contributed by atoms with Gasteiger partial charge in [-0.2, -0.15) is 4.31 Å². The van der Waals surface area contributed by atoms with Crippen LogP contribution >= 0.6 is 12.4 Å².